The first-order valence-corrected chi connectivity index (χ1v) is 5.30. The summed E-state index contributed by atoms with van der Waals surface area (Å²) in [6.07, 6.45) is 4.43. The molecule has 1 nitrogen and oxygen atoms in total. The molecule has 14 heavy (non-hydrogen) atoms. The molecule has 76 valence electrons. The molecular formula is C13H18O. The van der Waals surface area contributed by atoms with Crippen LogP contribution >= 0.6 is 0 Å². The second-order valence-electron chi connectivity index (χ2n) is 3.91. The Hall–Kier alpha value is -1.11. The van der Waals surface area contributed by atoms with Gasteiger partial charge in [0.05, 0.1) is 0 Å². The summed E-state index contributed by atoms with van der Waals surface area (Å²) in [6, 6.07) is 7.88. The Balaban J connectivity index is 2.54. The zero-order valence-electron chi connectivity index (χ0n) is 8.99. The van der Waals surface area contributed by atoms with Gasteiger partial charge in [0.2, 0.25) is 0 Å². The number of carbonyl (C=O) groups excluding carboxylic acids is 1. The minimum Gasteiger partial charge on any atom is -0.298 e. The fourth-order valence-electron chi connectivity index (χ4n) is 1.44. The highest BCUT2D eigenvalue weighted by Gasteiger charge is 2.00. The molecule has 1 aromatic rings. The standard InChI is InChI=1S/C13H18O/c1-3-11(2)7-8-12-5-4-6-13(9-12)10-14/h4-6,9-11H,3,7-8H2,1-2H3. The van der Waals surface area contributed by atoms with E-state index in [0.717, 1.165) is 24.2 Å². The quantitative estimate of drug-likeness (QED) is 0.650. The predicted octanol–water partition coefficient (Wildman–Crippen LogP) is 3.48. The maximum atomic E-state index is 10.6. The van der Waals surface area contributed by atoms with Crippen molar-refractivity contribution in [2.45, 2.75) is 33.1 Å². The van der Waals surface area contributed by atoms with Crippen LogP contribution < -0.4 is 0 Å². The molecule has 0 heterocycles. The lowest BCUT2D eigenvalue weighted by molar-refractivity contribution is 0.112. The van der Waals surface area contributed by atoms with Crippen molar-refractivity contribution in [3.63, 3.8) is 0 Å². The Morgan fingerprint density at radius 2 is 2.21 bits per heavy atom. The van der Waals surface area contributed by atoms with E-state index in [0.29, 0.717) is 0 Å². The van der Waals surface area contributed by atoms with Crippen molar-refractivity contribution in [1.82, 2.24) is 0 Å². The van der Waals surface area contributed by atoms with Crippen molar-refractivity contribution in [3.8, 4) is 0 Å². The average Bonchev–Trinajstić information content (AvgIpc) is 2.26. The van der Waals surface area contributed by atoms with Crippen LogP contribution in [0.15, 0.2) is 24.3 Å². The number of aldehydes is 1. The number of hydrogen-bond donors (Lipinski definition) is 0. The van der Waals surface area contributed by atoms with Gasteiger partial charge in [0.25, 0.3) is 0 Å². The Bertz CT molecular complexity index is 291. The van der Waals surface area contributed by atoms with Gasteiger partial charge in [-0.15, -0.1) is 0 Å². The molecule has 1 atom stereocenters. The lowest BCUT2D eigenvalue weighted by Crippen LogP contribution is -1.95. The van der Waals surface area contributed by atoms with Crippen molar-refractivity contribution in [3.05, 3.63) is 35.4 Å². The number of hydrogen-bond acceptors (Lipinski definition) is 1. The fraction of sp³-hybridized carbons (Fsp3) is 0.462. The molecule has 0 aliphatic carbocycles. The number of carbonyl (C=O) groups is 1. The van der Waals surface area contributed by atoms with E-state index in [4.69, 9.17) is 0 Å². The van der Waals surface area contributed by atoms with Gasteiger partial charge in [-0.25, -0.2) is 0 Å². The van der Waals surface area contributed by atoms with Crippen molar-refractivity contribution in [2.75, 3.05) is 0 Å². The summed E-state index contributed by atoms with van der Waals surface area (Å²) in [5.74, 6) is 0.773. The van der Waals surface area contributed by atoms with Gasteiger partial charge < -0.3 is 0 Å². The van der Waals surface area contributed by atoms with Crippen LogP contribution in [0.1, 0.15) is 42.6 Å². The predicted molar refractivity (Wildman–Crippen MR) is 59.6 cm³/mol. The fourth-order valence-corrected chi connectivity index (χ4v) is 1.44. The first kappa shape index (κ1) is 11.0. The highest BCUT2D eigenvalue weighted by atomic mass is 16.1. The largest absolute Gasteiger partial charge is 0.298 e. The minimum atomic E-state index is 0.773. The van der Waals surface area contributed by atoms with Crippen molar-refractivity contribution in [1.29, 1.82) is 0 Å². The van der Waals surface area contributed by atoms with Gasteiger partial charge in [-0.3, -0.25) is 4.79 Å². The molecule has 1 aromatic carbocycles. The van der Waals surface area contributed by atoms with E-state index in [1.165, 1.54) is 18.4 Å². The summed E-state index contributed by atoms with van der Waals surface area (Å²) in [5.41, 5.74) is 2.06. The lowest BCUT2D eigenvalue weighted by Gasteiger charge is -2.07. The van der Waals surface area contributed by atoms with E-state index in [1.54, 1.807) is 0 Å². The molecule has 0 spiro atoms. The average molecular weight is 190 g/mol. The molecule has 0 N–H and O–H groups in total. The number of rotatable bonds is 5. The van der Waals surface area contributed by atoms with Gasteiger partial charge in [-0.1, -0.05) is 38.5 Å². The van der Waals surface area contributed by atoms with E-state index in [1.807, 2.05) is 18.2 Å². The third-order valence-electron chi connectivity index (χ3n) is 2.71. The molecule has 0 aliphatic heterocycles. The molecule has 1 rings (SSSR count). The molecule has 0 radical (unpaired) electrons. The van der Waals surface area contributed by atoms with Gasteiger partial charge in [0.1, 0.15) is 6.29 Å². The van der Waals surface area contributed by atoms with Crippen LogP contribution in [0.3, 0.4) is 0 Å². The van der Waals surface area contributed by atoms with Crippen LogP contribution in [-0.2, 0) is 6.42 Å². The van der Waals surface area contributed by atoms with Crippen molar-refractivity contribution < 1.29 is 4.79 Å². The smallest absolute Gasteiger partial charge is 0.150 e. The molecule has 0 saturated heterocycles. The Morgan fingerprint density at radius 3 is 2.86 bits per heavy atom. The summed E-state index contributed by atoms with van der Waals surface area (Å²) in [6.45, 7) is 4.48. The van der Waals surface area contributed by atoms with E-state index in [9.17, 15) is 4.79 Å². The van der Waals surface area contributed by atoms with Crippen molar-refractivity contribution >= 4 is 6.29 Å². The van der Waals surface area contributed by atoms with E-state index in [2.05, 4.69) is 19.9 Å². The van der Waals surface area contributed by atoms with Crippen LogP contribution in [-0.4, -0.2) is 6.29 Å². The number of aryl methyl sites for hydroxylation is 1. The van der Waals surface area contributed by atoms with Gasteiger partial charge in [0, 0.05) is 5.56 Å². The van der Waals surface area contributed by atoms with Gasteiger partial charge in [0.15, 0.2) is 0 Å². The van der Waals surface area contributed by atoms with Crippen LogP contribution in [0.2, 0.25) is 0 Å². The molecule has 0 aromatic heterocycles. The minimum absolute atomic E-state index is 0.773. The van der Waals surface area contributed by atoms with Gasteiger partial charge in [-0.2, -0.15) is 0 Å². The summed E-state index contributed by atoms with van der Waals surface area (Å²) in [5, 5.41) is 0. The maximum Gasteiger partial charge on any atom is 0.150 e. The lowest BCUT2D eigenvalue weighted by atomic mass is 9.98. The van der Waals surface area contributed by atoms with E-state index < -0.39 is 0 Å². The first-order chi connectivity index (χ1) is 6.76. The summed E-state index contributed by atoms with van der Waals surface area (Å²) < 4.78 is 0. The Kier molecular flexibility index (Phi) is 4.37. The monoisotopic (exact) mass is 190 g/mol. The molecule has 0 bridgehead atoms. The van der Waals surface area contributed by atoms with Gasteiger partial charge in [-0.05, 0) is 30.4 Å². The van der Waals surface area contributed by atoms with Crippen LogP contribution in [0.5, 0.6) is 0 Å². The third-order valence-corrected chi connectivity index (χ3v) is 2.71. The summed E-state index contributed by atoms with van der Waals surface area (Å²) in [4.78, 5) is 10.6. The summed E-state index contributed by atoms with van der Waals surface area (Å²) in [7, 11) is 0. The zero-order chi connectivity index (χ0) is 10.4. The molecule has 1 unspecified atom stereocenters. The van der Waals surface area contributed by atoms with E-state index in [-0.39, 0.29) is 0 Å². The highest BCUT2D eigenvalue weighted by molar-refractivity contribution is 5.74. The summed E-state index contributed by atoms with van der Waals surface area (Å²) >= 11 is 0. The molecule has 0 aliphatic rings. The first-order valence-electron chi connectivity index (χ1n) is 5.30. The molecule has 0 amide bonds. The second-order valence-corrected chi connectivity index (χ2v) is 3.91. The number of benzene rings is 1. The zero-order valence-corrected chi connectivity index (χ0v) is 8.99. The maximum absolute atomic E-state index is 10.6. The SMILES string of the molecule is CCC(C)CCc1cccc(C=O)c1. The molecule has 0 fully saturated rings. The molecular weight excluding hydrogens is 172 g/mol. The van der Waals surface area contributed by atoms with Crippen LogP contribution in [0.4, 0.5) is 0 Å². The Morgan fingerprint density at radius 1 is 1.43 bits per heavy atom. The topological polar surface area (TPSA) is 17.1 Å². The van der Waals surface area contributed by atoms with Crippen molar-refractivity contribution in [2.24, 2.45) is 5.92 Å². The highest BCUT2D eigenvalue weighted by Crippen LogP contribution is 2.12. The van der Waals surface area contributed by atoms with Gasteiger partial charge >= 0.3 is 0 Å². The van der Waals surface area contributed by atoms with E-state index >= 15 is 0 Å². The Labute approximate surface area is 86.1 Å². The second kappa shape index (κ2) is 5.58. The molecule has 0 saturated carbocycles. The normalized spacial score (nSPS) is 12.4. The third kappa shape index (κ3) is 3.33. The van der Waals surface area contributed by atoms with Crippen LogP contribution in [0, 0.1) is 5.92 Å². The van der Waals surface area contributed by atoms with Crippen LogP contribution in [0.25, 0.3) is 0 Å². The molecule has 1 heteroatoms.